The fraction of sp³-hybridized carbons (Fsp3) is 1.00. The van der Waals surface area contributed by atoms with E-state index in [0.29, 0.717) is 10.2 Å². The van der Waals surface area contributed by atoms with E-state index in [0.717, 1.165) is 11.8 Å². The van der Waals surface area contributed by atoms with Crippen LogP contribution in [-0.4, -0.2) is 22.0 Å². The second kappa shape index (κ2) is 14.5. The Bertz CT molecular complexity index is 391. The quantitative estimate of drug-likeness (QED) is 0.163. The van der Waals surface area contributed by atoms with Crippen molar-refractivity contribution in [2.24, 2.45) is 17.3 Å². The van der Waals surface area contributed by atoms with Crippen LogP contribution in [-0.2, 0) is 0 Å². The maximum atomic E-state index is 2.63. The van der Waals surface area contributed by atoms with Crippen molar-refractivity contribution in [2.75, 3.05) is 17.3 Å². The zero-order chi connectivity index (χ0) is 21.8. The Morgan fingerprint density at radius 1 is 0.750 bits per heavy atom. The van der Waals surface area contributed by atoms with Crippen molar-refractivity contribution in [3.63, 3.8) is 0 Å². The first-order valence-electron chi connectivity index (χ1n) is 11.8. The maximum absolute atomic E-state index is 2.63. The van der Waals surface area contributed by atoms with Gasteiger partial charge >= 0.3 is 0 Å². The predicted octanol–water partition coefficient (Wildman–Crippen LogP) is 10.6. The fourth-order valence-electron chi connectivity index (χ4n) is 3.11. The van der Waals surface area contributed by atoms with Crippen LogP contribution in [0.15, 0.2) is 0 Å². The van der Waals surface area contributed by atoms with E-state index < -0.39 is 7.12 Å². The lowest BCUT2D eigenvalue weighted by Crippen LogP contribution is -2.41. The van der Waals surface area contributed by atoms with Gasteiger partial charge in [-0.15, -0.1) is 0 Å². The first-order valence-corrected chi connectivity index (χ1v) is 17.9. The highest BCUT2D eigenvalue weighted by atomic mass is 33.8. The van der Waals surface area contributed by atoms with Crippen LogP contribution in [0.4, 0.5) is 0 Å². The van der Waals surface area contributed by atoms with Gasteiger partial charge in [-0.05, 0) is 49.9 Å². The molecule has 0 rings (SSSR count). The molecule has 3 unspecified atom stereocenters. The molecule has 172 valence electrons. The van der Waals surface area contributed by atoms with Gasteiger partial charge < -0.3 is 0 Å². The third kappa shape index (κ3) is 9.27. The van der Waals surface area contributed by atoms with Crippen molar-refractivity contribution in [1.29, 1.82) is 0 Å². The Hall–Kier alpha value is 1.40. The Morgan fingerprint density at radius 2 is 1.29 bits per heavy atom. The molecule has 0 fully saturated rings. The van der Waals surface area contributed by atoms with Gasteiger partial charge in [-0.1, -0.05) is 121 Å². The minimum atomic E-state index is -0.869. The highest BCUT2D eigenvalue weighted by molar-refractivity contribution is 9.48. The van der Waals surface area contributed by atoms with Crippen molar-refractivity contribution in [2.45, 2.75) is 119 Å². The van der Waals surface area contributed by atoms with E-state index in [1.165, 1.54) is 62.2 Å². The molecule has 0 saturated carbocycles. The Balaban J connectivity index is 5.67. The molecule has 0 aromatic heterocycles. The van der Waals surface area contributed by atoms with Gasteiger partial charge in [0.2, 0.25) is 0 Å². The standard InChI is InChI=1S/C24H52S4/c1-11-14-18-25-28(26-19-15-16-21(4)5,27-20-17-22(6)12-2)24(10,13-3)23(7,8)9/h21-22H,11-20H2,1-10H3. The molecule has 0 bridgehead atoms. The second-order valence-corrected chi connectivity index (χ2v) is 22.2. The van der Waals surface area contributed by atoms with Crippen LogP contribution in [0.1, 0.15) is 114 Å². The molecule has 0 aliphatic carbocycles. The summed E-state index contributed by atoms with van der Waals surface area (Å²) in [7, 11) is 6.29. The van der Waals surface area contributed by atoms with Crippen LogP contribution in [0.2, 0.25) is 0 Å². The first-order chi connectivity index (χ1) is 13.0. The minimum absolute atomic E-state index is 0.338. The molecule has 0 nitrogen and oxygen atoms in total. The van der Waals surface area contributed by atoms with Crippen molar-refractivity contribution < 1.29 is 0 Å². The zero-order valence-electron chi connectivity index (χ0n) is 20.9. The molecule has 0 N–H and O–H groups in total. The summed E-state index contributed by atoms with van der Waals surface area (Å²) in [5.41, 5.74) is 0.338. The molecule has 0 amide bonds. The molecule has 0 aliphatic rings. The highest BCUT2D eigenvalue weighted by Gasteiger charge is 2.51. The third-order valence-corrected chi connectivity index (χ3v) is 23.3. The van der Waals surface area contributed by atoms with E-state index in [1.807, 2.05) is 0 Å². The summed E-state index contributed by atoms with van der Waals surface area (Å²) >= 11 is 0. The number of unbranched alkanes of at least 4 members (excludes halogenated alkanes) is 1. The summed E-state index contributed by atoms with van der Waals surface area (Å²) < 4.78 is 0.390. The zero-order valence-corrected chi connectivity index (χ0v) is 24.1. The van der Waals surface area contributed by atoms with Gasteiger partial charge in [-0.3, -0.25) is 0 Å². The monoisotopic (exact) mass is 468 g/mol. The molecular formula is C24H52S4. The lowest BCUT2D eigenvalue weighted by molar-refractivity contribution is 0.293. The van der Waals surface area contributed by atoms with Gasteiger partial charge in [0.15, 0.2) is 0 Å². The van der Waals surface area contributed by atoms with E-state index in [4.69, 9.17) is 0 Å². The SMILES string of the molecule is CCCCSS(SCCCC(C)C)(SCCC(C)CC)C(C)(CC)C(C)(C)C. The summed E-state index contributed by atoms with van der Waals surface area (Å²) in [4.78, 5) is 0. The molecule has 0 heterocycles. The van der Waals surface area contributed by atoms with Gasteiger partial charge in [0.25, 0.3) is 0 Å². The lowest BCUT2D eigenvalue weighted by atomic mass is 9.79. The summed E-state index contributed by atoms with van der Waals surface area (Å²) in [6.45, 7) is 24.4. The van der Waals surface area contributed by atoms with Crippen molar-refractivity contribution in [1.82, 2.24) is 0 Å². The lowest BCUT2D eigenvalue weighted by Gasteiger charge is -2.58. The largest absolute Gasteiger partial charge is 0.0936 e. The van der Waals surface area contributed by atoms with Crippen LogP contribution >= 0.6 is 39.5 Å². The van der Waals surface area contributed by atoms with Crippen LogP contribution in [0, 0.1) is 17.3 Å². The fourth-order valence-corrected chi connectivity index (χ4v) is 21.8. The molecule has 0 aromatic rings. The summed E-state index contributed by atoms with van der Waals surface area (Å²) in [5, 5.41) is 0. The molecular weight excluding hydrogens is 417 g/mol. The average molecular weight is 469 g/mol. The molecule has 3 atom stereocenters. The van der Waals surface area contributed by atoms with E-state index in [1.54, 1.807) is 0 Å². The summed E-state index contributed by atoms with van der Waals surface area (Å²) in [6.07, 6.45) is 9.41. The van der Waals surface area contributed by atoms with Gasteiger partial charge in [-0.25, -0.2) is 0 Å². The van der Waals surface area contributed by atoms with E-state index in [-0.39, 0.29) is 0 Å². The van der Waals surface area contributed by atoms with Gasteiger partial charge in [0, 0.05) is 22.0 Å². The van der Waals surface area contributed by atoms with Gasteiger partial charge in [0.1, 0.15) is 0 Å². The van der Waals surface area contributed by atoms with E-state index >= 15 is 0 Å². The predicted molar refractivity (Wildman–Crippen MR) is 146 cm³/mol. The summed E-state index contributed by atoms with van der Waals surface area (Å²) in [5.74, 6) is 5.71. The van der Waals surface area contributed by atoms with E-state index in [2.05, 4.69) is 102 Å². The number of hydrogen-bond donors (Lipinski definition) is 0. The highest BCUT2D eigenvalue weighted by Crippen LogP contribution is 2.87. The molecule has 0 radical (unpaired) electrons. The topological polar surface area (TPSA) is 0 Å². The van der Waals surface area contributed by atoms with Crippen LogP contribution < -0.4 is 0 Å². The van der Waals surface area contributed by atoms with Crippen molar-refractivity contribution in [3.05, 3.63) is 0 Å². The molecule has 0 spiro atoms. The molecule has 0 aromatic carbocycles. The minimum Gasteiger partial charge on any atom is -0.0936 e. The second-order valence-electron chi connectivity index (χ2n) is 9.95. The van der Waals surface area contributed by atoms with Gasteiger partial charge in [-0.2, -0.15) is 0 Å². The molecule has 0 saturated heterocycles. The summed E-state index contributed by atoms with van der Waals surface area (Å²) in [6, 6.07) is 0. The third-order valence-electron chi connectivity index (χ3n) is 6.26. The number of hydrogen-bond acceptors (Lipinski definition) is 3. The van der Waals surface area contributed by atoms with Crippen molar-refractivity contribution >= 4 is 39.5 Å². The Labute approximate surface area is 192 Å². The first kappa shape index (κ1) is 29.4. The van der Waals surface area contributed by atoms with Crippen LogP contribution in [0.3, 0.4) is 0 Å². The van der Waals surface area contributed by atoms with E-state index in [9.17, 15) is 0 Å². The number of rotatable bonds is 16. The van der Waals surface area contributed by atoms with Crippen LogP contribution in [0.5, 0.6) is 0 Å². The average Bonchev–Trinajstić information content (AvgIpc) is 2.62. The van der Waals surface area contributed by atoms with Gasteiger partial charge in [0.05, 0.1) is 0 Å². The smallest absolute Gasteiger partial charge is 0.0280 e. The molecule has 28 heavy (non-hydrogen) atoms. The molecule has 4 heteroatoms. The Kier molecular flexibility index (Phi) is 15.2. The van der Waals surface area contributed by atoms with Crippen LogP contribution in [0.25, 0.3) is 0 Å². The maximum Gasteiger partial charge on any atom is 0.0280 e. The normalized spacial score (nSPS) is 19.2. The van der Waals surface area contributed by atoms with Crippen molar-refractivity contribution in [3.8, 4) is 0 Å². The Morgan fingerprint density at radius 3 is 1.71 bits per heavy atom. The molecule has 0 aliphatic heterocycles.